The van der Waals surface area contributed by atoms with Gasteiger partial charge in [0.15, 0.2) is 0 Å². The minimum atomic E-state index is -2.46. The van der Waals surface area contributed by atoms with Crippen molar-refractivity contribution in [1.82, 2.24) is 5.32 Å². The van der Waals surface area contributed by atoms with E-state index in [2.05, 4.69) is 31.1 Å². The number of hydrogen-bond donors (Lipinski definition) is 1. The van der Waals surface area contributed by atoms with E-state index in [4.69, 9.17) is 13.3 Å². The molecular formula is C16H36N2O3Si. The molecule has 0 unspecified atom stereocenters. The van der Waals surface area contributed by atoms with E-state index in [9.17, 15) is 0 Å². The zero-order chi connectivity index (χ0) is 16.8. The third-order valence-corrected chi connectivity index (χ3v) is 6.57. The van der Waals surface area contributed by atoms with Crippen LogP contribution in [0, 0.1) is 5.92 Å². The van der Waals surface area contributed by atoms with Crippen molar-refractivity contribution in [2.45, 2.75) is 54.0 Å². The molecule has 0 bridgehead atoms. The Kier molecular flexibility index (Phi) is 13.0. The molecular weight excluding hydrogens is 296 g/mol. The van der Waals surface area contributed by atoms with Gasteiger partial charge in [-0.15, -0.1) is 0 Å². The maximum Gasteiger partial charge on any atom is 0.500 e. The Morgan fingerprint density at radius 3 is 2.00 bits per heavy atom. The van der Waals surface area contributed by atoms with Crippen LogP contribution in [-0.4, -0.2) is 54.0 Å². The van der Waals surface area contributed by atoms with Crippen molar-refractivity contribution in [3.8, 4) is 0 Å². The molecule has 0 saturated heterocycles. The van der Waals surface area contributed by atoms with E-state index >= 15 is 0 Å². The highest BCUT2D eigenvalue weighted by atomic mass is 28.4. The topological polar surface area (TPSA) is 52.1 Å². The van der Waals surface area contributed by atoms with Gasteiger partial charge in [-0.2, -0.15) is 0 Å². The highest BCUT2D eigenvalue weighted by molar-refractivity contribution is 6.60. The molecule has 6 heteroatoms. The second-order valence-corrected chi connectivity index (χ2v) is 8.25. The van der Waals surface area contributed by atoms with Crippen LogP contribution in [0.3, 0.4) is 0 Å². The first-order valence-corrected chi connectivity index (χ1v) is 10.6. The summed E-state index contributed by atoms with van der Waals surface area (Å²) in [5.41, 5.74) is 1.22. The van der Waals surface area contributed by atoms with Crippen LogP contribution >= 0.6 is 0 Å². The summed E-state index contributed by atoms with van der Waals surface area (Å²) in [6.07, 6.45) is 0.999. The third-order valence-electron chi connectivity index (χ3n) is 3.41. The summed E-state index contributed by atoms with van der Waals surface area (Å²) < 4.78 is 17.5. The lowest BCUT2D eigenvalue weighted by Gasteiger charge is -2.28. The fourth-order valence-electron chi connectivity index (χ4n) is 2.05. The van der Waals surface area contributed by atoms with Gasteiger partial charge in [-0.3, -0.25) is 4.99 Å². The molecule has 0 aromatic rings. The fourth-order valence-corrected chi connectivity index (χ4v) is 4.66. The van der Waals surface area contributed by atoms with E-state index < -0.39 is 8.80 Å². The number of nitrogens with one attached hydrogen (secondary N) is 1. The van der Waals surface area contributed by atoms with Crippen molar-refractivity contribution in [3.05, 3.63) is 0 Å². The van der Waals surface area contributed by atoms with Gasteiger partial charge < -0.3 is 18.6 Å². The minimum Gasteiger partial charge on any atom is -0.374 e. The van der Waals surface area contributed by atoms with Crippen LogP contribution in [-0.2, 0) is 13.3 Å². The molecule has 0 aliphatic rings. The van der Waals surface area contributed by atoms with E-state index in [1.54, 1.807) is 0 Å². The van der Waals surface area contributed by atoms with Crippen LogP contribution in [0.5, 0.6) is 0 Å². The standard InChI is InChI=1S/C16H36N2O3Si/c1-7-19-22(20-8-2,21-9-3)14-10-11-17-12-13-18-16(6)15(4)5/h15,17H,7-14H2,1-6H3. The van der Waals surface area contributed by atoms with Gasteiger partial charge in [-0.1, -0.05) is 13.8 Å². The highest BCUT2D eigenvalue weighted by Gasteiger charge is 2.39. The predicted octanol–water partition coefficient (Wildman–Crippen LogP) is 3.13. The van der Waals surface area contributed by atoms with Crippen LogP contribution in [0.2, 0.25) is 6.04 Å². The number of aliphatic imine (C=N–C) groups is 1. The summed E-state index contributed by atoms with van der Waals surface area (Å²) in [6.45, 7) is 17.0. The van der Waals surface area contributed by atoms with Crippen LogP contribution in [0.1, 0.15) is 48.0 Å². The van der Waals surface area contributed by atoms with Crippen molar-refractivity contribution >= 4 is 14.5 Å². The van der Waals surface area contributed by atoms with Gasteiger partial charge in [0, 0.05) is 38.1 Å². The zero-order valence-electron chi connectivity index (χ0n) is 15.4. The molecule has 0 aliphatic heterocycles. The Labute approximate surface area is 138 Å². The van der Waals surface area contributed by atoms with E-state index in [-0.39, 0.29) is 0 Å². The molecule has 0 heterocycles. The molecule has 0 saturated carbocycles. The first-order chi connectivity index (χ1) is 10.5. The summed E-state index contributed by atoms with van der Waals surface area (Å²) >= 11 is 0. The predicted molar refractivity (Wildman–Crippen MR) is 95.7 cm³/mol. The first kappa shape index (κ1) is 21.7. The molecule has 0 aromatic carbocycles. The number of hydrogen-bond acceptors (Lipinski definition) is 5. The summed E-state index contributed by atoms with van der Waals surface area (Å²) in [7, 11) is -2.46. The van der Waals surface area contributed by atoms with E-state index in [1.165, 1.54) is 5.71 Å². The average Bonchev–Trinajstić information content (AvgIpc) is 2.46. The molecule has 0 atom stereocenters. The fraction of sp³-hybridized carbons (Fsp3) is 0.938. The first-order valence-electron chi connectivity index (χ1n) is 8.64. The molecule has 132 valence electrons. The van der Waals surface area contributed by atoms with Crippen LogP contribution < -0.4 is 5.32 Å². The van der Waals surface area contributed by atoms with Gasteiger partial charge >= 0.3 is 8.80 Å². The maximum atomic E-state index is 5.84. The monoisotopic (exact) mass is 332 g/mol. The normalized spacial score (nSPS) is 13.1. The quantitative estimate of drug-likeness (QED) is 0.302. The van der Waals surface area contributed by atoms with Crippen molar-refractivity contribution in [1.29, 1.82) is 0 Å². The minimum absolute atomic E-state index is 0.537. The van der Waals surface area contributed by atoms with Gasteiger partial charge in [-0.05, 0) is 46.6 Å². The molecule has 1 N–H and O–H groups in total. The maximum absolute atomic E-state index is 5.84. The lowest BCUT2D eigenvalue weighted by Crippen LogP contribution is -2.46. The van der Waals surface area contributed by atoms with Gasteiger partial charge in [0.25, 0.3) is 0 Å². The summed E-state index contributed by atoms with van der Waals surface area (Å²) in [6, 6.07) is 0.865. The SMILES string of the molecule is CCO[Si](CCCNCCN=C(C)C(C)C)(OCC)OCC. The molecule has 0 aromatic heterocycles. The molecule has 5 nitrogen and oxygen atoms in total. The van der Waals surface area contributed by atoms with E-state index in [1.807, 2.05) is 20.8 Å². The molecule has 0 aliphatic carbocycles. The van der Waals surface area contributed by atoms with Crippen molar-refractivity contribution in [2.75, 3.05) is 39.5 Å². The third kappa shape index (κ3) is 9.68. The van der Waals surface area contributed by atoms with Crippen LogP contribution in [0.15, 0.2) is 4.99 Å². The van der Waals surface area contributed by atoms with Crippen molar-refractivity contribution < 1.29 is 13.3 Å². The molecule has 0 fully saturated rings. The Morgan fingerprint density at radius 1 is 1.00 bits per heavy atom. The summed E-state index contributed by atoms with van der Waals surface area (Å²) in [4.78, 5) is 4.55. The van der Waals surface area contributed by atoms with Crippen LogP contribution in [0.4, 0.5) is 0 Å². The van der Waals surface area contributed by atoms with Gasteiger partial charge in [-0.25, -0.2) is 0 Å². The lowest BCUT2D eigenvalue weighted by molar-refractivity contribution is 0.0708. The van der Waals surface area contributed by atoms with Crippen molar-refractivity contribution in [2.24, 2.45) is 10.9 Å². The Hall–Kier alpha value is -0.273. The highest BCUT2D eigenvalue weighted by Crippen LogP contribution is 2.17. The number of nitrogens with zero attached hydrogens (tertiary/aromatic N) is 1. The Balaban J connectivity index is 4.00. The Bertz CT molecular complexity index is 282. The number of rotatable bonds is 14. The molecule has 0 spiro atoms. The average molecular weight is 333 g/mol. The lowest BCUT2D eigenvalue weighted by atomic mass is 10.1. The summed E-state index contributed by atoms with van der Waals surface area (Å²) in [5.74, 6) is 0.537. The molecule has 0 amide bonds. The Morgan fingerprint density at radius 2 is 1.55 bits per heavy atom. The second kappa shape index (κ2) is 13.2. The second-order valence-electron chi connectivity index (χ2n) is 5.51. The van der Waals surface area contributed by atoms with E-state index in [0.29, 0.717) is 25.7 Å². The van der Waals surface area contributed by atoms with Gasteiger partial charge in [0.2, 0.25) is 0 Å². The molecule has 22 heavy (non-hydrogen) atoms. The van der Waals surface area contributed by atoms with Crippen molar-refractivity contribution in [3.63, 3.8) is 0 Å². The molecule has 0 radical (unpaired) electrons. The largest absolute Gasteiger partial charge is 0.500 e. The molecule has 0 rings (SSSR count). The van der Waals surface area contributed by atoms with Gasteiger partial charge in [0.1, 0.15) is 0 Å². The van der Waals surface area contributed by atoms with Gasteiger partial charge in [0.05, 0.1) is 6.54 Å². The zero-order valence-corrected chi connectivity index (χ0v) is 16.4. The summed E-state index contributed by atoms with van der Waals surface area (Å²) in [5, 5.41) is 3.43. The smallest absolute Gasteiger partial charge is 0.374 e. The van der Waals surface area contributed by atoms with E-state index in [0.717, 1.165) is 32.1 Å². The van der Waals surface area contributed by atoms with Crippen LogP contribution in [0.25, 0.3) is 0 Å².